The van der Waals surface area contributed by atoms with Gasteiger partial charge >= 0.3 is 6.03 Å². The van der Waals surface area contributed by atoms with Crippen LogP contribution in [0.2, 0.25) is 0 Å². The number of benzene rings is 2. The molecule has 4 rings (SSSR count). The fourth-order valence-electron chi connectivity index (χ4n) is 3.54. The molecule has 0 bridgehead atoms. The first-order valence-electron chi connectivity index (χ1n) is 9.62. The fraction of sp³-hybridized carbons (Fsp3) is 0.227. The molecule has 0 radical (unpaired) electrons. The van der Waals surface area contributed by atoms with Crippen molar-refractivity contribution in [3.05, 3.63) is 60.8 Å². The van der Waals surface area contributed by atoms with Crippen molar-refractivity contribution in [2.45, 2.75) is 6.92 Å². The summed E-state index contributed by atoms with van der Waals surface area (Å²) in [6.45, 7) is 4.25. The van der Waals surface area contributed by atoms with E-state index < -0.39 is 0 Å². The van der Waals surface area contributed by atoms with Gasteiger partial charge in [-0.15, -0.1) is 0 Å². The molecule has 7 heteroatoms. The molecule has 1 aliphatic heterocycles. The smallest absolute Gasteiger partial charge is 0.321 e. The minimum absolute atomic E-state index is 0.118. The van der Waals surface area contributed by atoms with E-state index in [0.717, 1.165) is 29.7 Å². The zero-order chi connectivity index (χ0) is 20.2. The molecule has 29 heavy (non-hydrogen) atoms. The second kappa shape index (κ2) is 8.18. The number of aromatic nitrogens is 1. The van der Waals surface area contributed by atoms with E-state index in [1.165, 1.54) is 6.92 Å². The molecule has 0 atom stereocenters. The maximum atomic E-state index is 12.6. The lowest BCUT2D eigenvalue weighted by atomic mass is 10.1. The van der Waals surface area contributed by atoms with Gasteiger partial charge in [-0.1, -0.05) is 18.2 Å². The predicted molar refractivity (Wildman–Crippen MR) is 115 cm³/mol. The number of para-hydroxylation sites is 1. The van der Waals surface area contributed by atoms with Crippen molar-refractivity contribution in [3.63, 3.8) is 0 Å². The average Bonchev–Trinajstić information content (AvgIpc) is 2.74. The van der Waals surface area contributed by atoms with Crippen LogP contribution in [-0.2, 0) is 4.79 Å². The number of hydrogen-bond donors (Lipinski definition) is 2. The quantitative estimate of drug-likeness (QED) is 0.718. The summed E-state index contributed by atoms with van der Waals surface area (Å²) >= 11 is 0. The third-order valence-corrected chi connectivity index (χ3v) is 4.98. The monoisotopic (exact) mass is 389 g/mol. The summed E-state index contributed by atoms with van der Waals surface area (Å²) in [4.78, 5) is 32.3. The van der Waals surface area contributed by atoms with Crippen molar-refractivity contribution < 1.29 is 9.59 Å². The summed E-state index contributed by atoms with van der Waals surface area (Å²) in [6, 6.07) is 17.2. The maximum Gasteiger partial charge on any atom is 0.321 e. The molecule has 1 fully saturated rings. The highest BCUT2D eigenvalue weighted by atomic mass is 16.2. The fourth-order valence-corrected chi connectivity index (χ4v) is 3.54. The summed E-state index contributed by atoms with van der Waals surface area (Å²) in [6.07, 6.45) is 1.81. The Balaban J connectivity index is 1.36. The highest BCUT2D eigenvalue weighted by Gasteiger charge is 2.22. The molecule has 148 valence electrons. The molecular weight excluding hydrogens is 366 g/mol. The Bertz CT molecular complexity index is 1020. The number of fused-ring (bicyclic) bond motifs is 1. The molecule has 3 amide bonds. The van der Waals surface area contributed by atoms with Gasteiger partial charge in [0.25, 0.3) is 0 Å². The van der Waals surface area contributed by atoms with Crippen LogP contribution in [0.15, 0.2) is 60.8 Å². The molecule has 2 aromatic carbocycles. The first-order valence-corrected chi connectivity index (χ1v) is 9.62. The highest BCUT2D eigenvalue weighted by Crippen LogP contribution is 2.25. The Morgan fingerprint density at radius 1 is 0.862 bits per heavy atom. The van der Waals surface area contributed by atoms with Crippen molar-refractivity contribution in [1.29, 1.82) is 0 Å². The van der Waals surface area contributed by atoms with Crippen LogP contribution in [0.1, 0.15) is 6.92 Å². The van der Waals surface area contributed by atoms with Crippen molar-refractivity contribution in [1.82, 2.24) is 9.88 Å². The number of nitrogens with zero attached hydrogens (tertiary/aromatic N) is 3. The molecule has 1 saturated heterocycles. The van der Waals surface area contributed by atoms with E-state index in [0.29, 0.717) is 24.5 Å². The van der Waals surface area contributed by atoms with Crippen LogP contribution in [0.5, 0.6) is 0 Å². The van der Waals surface area contributed by atoms with Gasteiger partial charge in [-0.3, -0.25) is 9.78 Å². The van der Waals surface area contributed by atoms with Crippen LogP contribution >= 0.6 is 0 Å². The first kappa shape index (κ1) is 18.7. The standard InChI is InChI=1S/C22H23N5O2/c1-16(28)24-18-7-9-19(10-8-18)25-22(29)27-14-12-26(13-15-27)20-6-2-4-17-5-3-11-23-21(17)20/h2-11H,12-15H2,1H3,(H,24,28)(H,25,29). The zero-order valence-electron chi connectivity index (χ0n) is 16.3. The SMILES string of the molecule is CC(=O)Nc1ccc(NC(=O)N2CCN(c3cccc4cccnc34)CC2)cc1. The number of urea groups is 1. The van der Waals surface area contributed by atoms with Crippen molar-refractivity contribution in [3.8, 4) is 0 Å². The average molecular weight is 389 g/mol. The van der Waals surface area contributed by atoms with E-state index >= 15 is 0 Å². The van der Waals surface area contributed by atoms with Crippen LogP contribution < -0.4 is 15.5 Å². The van der Waals surface area contributed by atoms with E-state index in [1.54, 1.807) is 24.3 Å². The Hall–Kier alpha value is -3.61. The van der Waals surface area contributed by atoms with Crippen LogP contribution in [0.3, 0.4) is 0 Å². The number of carbonyl (C=O) groups is 2. The topological polar surface area (TPSA) is 77.6 Å². The number of piperazine rings is 1. The lowest BCUT2D eigenvalue weighted by molar-refractivity contribution is -0.114. The van der Waals surface area contributed by atoms with Crippen LogP contribution in [-0.4, -0.2) is 48.0 Å². The van der Waals surface area contributed by atoms with E-state index in [9.17, 15) is 9.59 Å². The molecule has 2 N–H and O–H groups in total. The van der Waals surface area contributed by atoms with Crippen molar-refractivity contribution in [2.24, 2.45) is 0 Å². The Morgan fingerprint density at radius 3 is 2.21 bits per heavy atom. The normalized spacial score (nSPS) is 14.0. The van der Waals surface area contributed by atoms with E-state index in [2.05, 4.69) is 38.7 Å². The lowest BCUT2D eigenvalue weighted by Crippen LogP contribution is -2.50. The van der Waals surface area contributed by atoms with Crippen LogP contribution in [0.25, 0.3) is 10.9 Å². The molecule has 1 aromatic heterocycles. The number of amides is 3. The Labute approximate surface area is 169 Å². The number of anilines is 3. The second-order valence-electron chi connectivity index (χ2n) is 7.02. The number of carbonyl (C=O) groups excluding carboxylic acids is 2. The van der Waals surface area contributed by atoms with E-state index in [1.807, 2.05) is 23.2 Å². The van der Waals surface area contributed by atoms with Gasteiger partial charge in [-0.25, -0.2) is 4.79 Å². The molecule has 0 saturated carbocycles. The summed E-state index contributed by atoms with van der Waals surface area (Å²) in [7, 11) is 0. The third-order valence-electron chi connectivity index (χ3n) is 4.98. The summed E-state index contributed by atoms with van der Waals surface area (Å²) in [5.41, 5.74) is 3.50. The number of pyridine rings is 1. The number of nitrogens with one attached hydrogen (secondary N) is 2. The minimum Gasteiger partial charge on any atom is -0.366 e. The molecule has 2 heterocycles. The predicted octanol–water partition coefficient (Wildman–Crippen LogP) is 3.55. The van der Waals surface area contributed by atoms with Gasteiger partial charge in [0, 0.05) is 56.1 Å². The lowest BCUT2D eigenvalue weighted by Gasteiger charge is -2.36. The number of rotatable bonds is 3. The van der Waals surface area contributed by atoms with Crippen molar-refractivity contribution >= 4 is 39.9 Å². The Morgan fingerprint density at radius 2 is 1.52 bits per heavy atom. The largest absolute Gasteiger partial charge is 0.366 e. The second-order valence-corrected chi connectivity index (χ2v) is 7.02. The number of hydrogen-bond acceptors (Lipinski definition) is 4. The van der Waals surface area contributed by atoms with Gasteiger partial charge in [-0.2, -0.15) is 0 Å². The van der Waals surface area contributed by atoms with Gasteiger partial charge in [0.05, 0.1) is 11.2 Å². The molecular formula is C22H23N5O2. The zero-order valence-corrected chi connectivity index (χ0v) is 16.3. The molecule has 3 aromatic rings. The van der Waals surface area contributed by atoms with E-state index in [4.69, 9.17) is 0 Å². The summed E-state index contributed by atoms with van der Waals surface area (Å²) in [5.74, 6) is -0.124. The molecule has 7 nitrogen and oxygen atoms in total. The van der Waals surface area contributed by atoms with Crippen molar-refractivity contribution in [2.75, 3.05) is 41.7 Å². The minimum atomic E-state index is -0.124. The molecule has 1 aliphatic rings. The molecule has 0 unspecified atom stereocenters. The Kier molecular flexibility index (Phi) is 5.29. The van der Waals surface area contributed by atoms with Gasteiger partial charge in [0.15, 0.2) is 0 Å². The molecule has 0 spiro atoms. The van der Waals surface area contributed by atoms with Gasteiger partial charge in [0.2, 0.25) is 5.91 Å². The summed E-state index contributed by atoms with van der Waals surface area (Å²) < 4.78 is 0. The van der Waals surface area contributed by atoms with Gasteiger partial charge < -0.3 is 20.4 Å². The summed E-state index contributed by atoms with van der Waals surface area (Å²) in [5, 5.41) is 6.75. The molecule has 0 aliphatic carbocycles. The van der Waals surface area contributed by atoms with Crippen LogP contribution in [0.4, 0.5) is 21.9 Å². The highest BCUT2D eigenvalue weighted by molar-refractivity contribution is 5.92. The van der Waals surface area contributed by atoms with Crippen LogP contribution in [0, 0.1) is 0 Å². The van der Waals surface area contributed by atoms with Gasteiger partial charge in [0.1, 0.15) is 0 Å². The first-order chi connectivity index (χ1) is 14.1. The maximum absolute atomic E-state index is 12.6. The van der Waals surface area contributed by atoms with E-state index in [-0.39, 0.29) is 11.9 Å². The van der Waals surface area contributed by atoms with Gasteiger partial charge in [-0.05, 0) is 36.4 Å². The third kappa shape index (κ3) is 4.29.